The minimum atomic E-state index is -2.89. The Labute approximate surface area is 141 Å². The van der Waals surface area contributed by atoms with Gasteiger partial charge in [-0.15, -0.1) is 0 Å². The molecule has 5 rings (SSSR count). The predicted molar refractivity (Wildman–Crippen MR) is 81.6 cm³/mol. The third-order valence-electron chi connectivity index (χ3n) is 5.78. The molecule has 116 valence electrons. The molecule has 0 amide bonds. The van der Waals surface area contributed by atoms with E-state index < -0.39 is 54.4 Å². The largest absolute Gasteiger partial charge is 0.493 e. The molecule has 4 atom stereocenters. The number of benzene rings is 1. The Bertz CT molecular complexity index is 995. The van der Waals surface area contributed by atoms with Gasteiger partial charge in [0.2, 0.25) is 0 Å². The topological polar surface area (TPSA) is 38.8 Å². The summed E-state index contributed by atoms with van der Waals surface area (Å²) >= 11 is 0. The van der Waals surface area contributed by atoms with Crippen molar-refractivity contribution >= 4 is 5.78 Å². The van der Waals surface area contributed by atoms with Crippen LogP contribution in [-0.2, 0) is 16.6 Å². The first kappa shape index (κ1) is 7.35. The first-order valence-corrected chi connectivity index (χ1v) is 7.52. The fraction of sp³-hybridized carbons (Fsp3) is 0.611. The molecule has 2 heterocycles. The molecule has 1 saturated heterocycles. The third kappa shape index (κ3) is 1.27. The minimum absolute atomic E-state index is 0.0465. The van der Waals surface area contributed by atoms with Gasteiger partial charge in [-0.3, -0.25) is 4.79 Å². The molecule has 1 spiro atoms. The summed E-state index contributed by atoms with van der Waals surface area (Å²) in [6.07, 6.45) is -3.10. The number of piperidine rings is 1. The lowest BCUT2D eigenvalue weighted by Crippen LogP contribution is -2.65. The highest BCUT2D eigenvalue weighted by atomic mass is 16.5. The molecule has 4 aliphatic rings. The lowest BCUT2D eigenvalue weighted by Gasteiger charge is -2.57. The minimum Gasteiger partial charge on any atom is -0.493 e. The number of likely N-dealkylation sites (tertiary alicyclic amines) is 1. The number of hydrogen-bond donors (Lipinski definition) is 0. The van der Waals surface area contributed by atoms with Gasteiger partial charge in [0.05, 0.1) is 13.9 Å². The maximum absolute atomic E-state index is 13.1. The Morgan fingerprint density at radius 1 is 1.64 bits per heavy atom. The molecule has 2 bridgehead atoms. The molecule has 2 aliphatic carbocycles. The summed E-state index contributed by atoms with van der Waals surface area (Å²) < 4.78 is 76.1. The van der Waals surface area contributed by atoms with Crippen LogP contribution >= 0.6 is 0 Å². The zero-order chi connectivity index (χ0) is 22.0. The summed E-state index contributed by atoms with van der Waals surface area (Å²) in [5, 5.41) is 0. The molecule has 4 heteroatoms. The summed E-state index contributed by atoms with van der Waals surface area (Å²) in [7, 11) is -1.11. The molecule has 4 nitrogen and oxygen atoms in total. The van der Waals surface area contributed by atoms with Gasteiger partial charge in [0.15, 0.2) is 23.4 Å². The first-order valence-electron chi connectivity index (χ1n) is 11.5. The zero-order valence-corrected chi connectivity index (χ0v) is 12.2. The number of carbonyl (C=O) groups excluding carboxylic acids is 1. The van der Waals surface area contributed by atoms with E-state index in [9.17, 15) is 6.17 Å². The summed E-state index contributed by atoms with van der Waals surface area (Å²) in [6, 6.07) is -1.96. The van der Waals surface area contributed by atoms with Gasteiger partial charge in [0.25, 0.3) is 0 Å². The van der Waals surface area contributed by atoms with Crippen LogP contribution in [0.25, 0.3) is 0 Å². The molecule has 0 radical (unpaired) electrons. The Morgan fingerprint density at radius 3 is 3.41 bits per heavy atom. The van der Waals surface area contributed by atoms with Crippen molar-refractivity contribution in [3.05, 3.63) is 23.2 Å². The Morgan fingerprint density at radius 2 is 2.55 bits per heavy atom. The highest BCUT2D eigenvalue weighted by molar-refractivity contribution is 5.89. The quantitative estimate of drug-likeness (QED) is 0.795. The van der Waals surface area contributed by atoms with Crippen molar-refractivity contribution in [1.82, 2.24) is 4.90 Å². The smallest absolute Gasteiger partial charge is 0.174 e. The fourth-order valence-corrected chi connectivity index (χ4v) is 4.83. The van der Waals surface area contributed by atoms with Gasteiger partial charge >= 0.3 is 0 Å². The second kappa shape index (κ2) is 4.05. The van der Waals surface area contributed by atoms with Crippen LogP contribution in [0.15, 0.2) is 12.1 Å². The van der Waals surface area contributed by atoms with Gasteiger partial charge in [-0.2, -0.15) is 0 Å². The number of carbonyl (C=O) groups is 1. The van der Waals surface area contributed by atoms with Crippen LogP contribution in [0.5, 0.6) is 11.5 Å². The normalized spacial score (nSPS) is 50.0. The summed E-state index contributed by atoms with van der Waals surface area (Å²) in [6.45, 7) is 0.473. The van der Waals surface area contributed by atoms with Gasteiger partial charge < -0.3 is 14.4 Å². The fourth-order valence-electron chi connectivity index (χ4n) is 4.83. The third-order valence-corrected chi connectivity index (χ3v) is 5.78. The average molecular weight is 307 g/mol. The molecule has 1 unspecified atom stereocenters. The molecule has 22 heavy (non-hydrogen) atoms. The molecule has 0 N–H and O–H groups in total. The highest BCUT2D eigenvalue weighted by Crippen LogP contribution is 2.62. The standard InChI is InChI=1S/C18H21NO3/c1-19-8-7-18-11-4-5-13(20)17(18)22-16-14(21-2)6-3-10(15(16)18)9-12(11)19/h3,6,11-12,17H,4-5,7-9H2,1-2H3/t11-,12+,17?,18-/m0/s1/i2D3,3D,5D2,6D,12D. The number of nitrogens with zero attached hydrogens (tertiary/aromatic N) is 1. The van der Waals surface area contributed by atoms with Crippen molar-refractivity contribution in [2.45, 2.75) is 43.2 Å². The zero-order valence-electron chi connectivity index (χ0n) is 20.2. The van der Waals surface area contributed by atoms with Gasteiger partial charge in [-0.25, -0.2) is 0 Å². The Balaban J connectivity index is 1.85. The van der Waals surface area contributed by atoms with Crippen LogP contribution in [0.4, 0.5) is 0 Å². The van der Waals surface area contributed by atoms with Crippen LogP contribution in [0, 0.1) is 5.92 Å². The van der Waals surface area contributed by atoms with Crippen molar-refractivity contribution in [3.8, 4) is 11.5 Å². The predicted octanol–water partition coefficient (Wildman–Crippen LogP) is 1.93. The highest BCUT2D eigenvalue weighted by Gasteiger charge is 2.65. The molecule has 2 fully saturated rings. The number of methoxy groups -OCH3 is 1. The van der Waals surface area contributed by atoms with E-state index in [0.717, 1.165) is 0 Å². The van der Waals surface area contributed by atoms with E-state index in [2.05, 4.69) is 0 Å². The van der Waals surface area contributed by atoms with E-state index in [4.69, 9.17) is 19.1 Å². The number of rotatable bonds is 1. The van der Waals surface area contributed by atoms with E-state index in [1.807, 2.05) is 4.90 Å². The molecule has 1 saturated carbocycles. The van der Waals surface area contributed by atoms with Crippen LogP contribution in [0.1, 0.15) is 41.3 Å². The summed E-state index contributed by atoms with van der Waals surface area (Å²) in [5.41, 5.74) is -0.169. The lowest BCUT2D eigenvalue weighted by atomic mass is 9.52. The maximum atomic E-state index is 13.1. The van der Waals surface area contributed by atoms with Gasteiger partial charge in [-0.05, 0) is 50.4 Å². The van der Waals surface area contributed by atoms with Crippen molar-refractivity contribution < 1.29 is 25.2 Å². The summed E-state index contributed by atoms with van der Waals surface area (Å²) in [5.74, 6) is -1.79. The number of ether oxygens (including phenoxy) is 2. The average Bonchev–Trinajstić information content (AvgIpc) is 2.96. The summed E-state index contributed by atoms with van der Waals surface area (Å²) in [4.78, 5) is 14.9. The molecule has 2 aliphatic heterocycles. The number of likely N-dealkylation sites (N-methyl/N-ethyl adjacent to an activating group) is 1. The SMILES string of the molecule is [2H]c1c([2H])c(OC([2H])([2H])[2H])c2c3c1C[C@]1([2H])[C@@H]4CC([2H])([2H])C(=O)C(O2)[C@]34CCN1C. The van der Waals surface area contributed by atoms with E-state index in [-0.39, 0.29) is 24.6 Å². The van der Waals surface area contributed by atoms with Crippen LogP contribution < -0.4 is 9.47 Å². The maximum Gasteiger partial charge on any atom is 0.174 e. The number of Topliss-reactive ketones (excluding diaryl/α,β-unsaturated/α-hetero) is 1. The molecular weight excluding hydrogens is 278 g/mol. The van der Waals surface area contributed by atoms with E-state index in [1.54, 1.807) is 7.05 Å². The van der Waals surface area contributed by atoms with Crippen molar-refractivity contribution in [1.29, 1.82) is 0 Å². The van der Waals surface area contributed by atoms with Crippen LogP contribution in [-0.4, -0.2) is 43.4 Å². The first-order chi connectivity index (χ1) is 13.7. The van der Waals surface area contributed by atoms with E-state index >= 15 is 0 Å². The van der Waals surface area contributed by atoms with Crippen molar-refractivity contribution in [3.63, 3.8) is 0 Å². The number of hydrogen-bond acceptors (Lipinski definition) is 4. The van der Waals surface area contributed by atoms with Crippen LogP contribution in [0.3, 0.4) is 0 Å². The van der Waals surface area contributed by atoms with Crippen LogP contribution in [0.2, 0.25) is 0 Å². The number of ketones is 1. The van der Waals surface area contributed by atoms with E-state index in [1.165, 1.54) is 0 Å². The Kier molecular flexibility index (Phi) is 1.35. The van der Waals surface area contributed by atoms with E-state index in [0.29, 0.717) is 24.1 Å². The van der Waals surface area contributed by atoms with Gasteiger partial charge in [-0.1, -0.05) is 6.04 Å². The molecule has 1 aromatic rings. The van der Waals surface area contributed by atoms with Gasteiger partial charge in [0, 0.05) is 27.5 Å². The monoisotopic (exact) mass is 307 g/mol. The van der Waals surface area contributed by atoms with Crippen molar-refractivity contribution in [2.75, 3.05) is 20.6 Å². The molecule has 0 aromatic heterocycles. The lowest BCUT2D eigenvalue weighted by molar-refractivity contribution is -0.138. The Hall–Kier alpha value is -1.55. The second-order valence-corrected chi connectivity index (χ2v) is 6.54. The van der Waals surface area contributed by atoms with Gasteiger partial charge in [0.1, 0.15) is 0 Å². The molecule has 1 aromatic carbocycles. The molecular formula is C18H21NO3. The second-order valence-electron chi connectivity index (χ2n) is 6.54. The van der Waals surface area contributed by atoms with Crippen molar-refractivity contribution in [2.24, 2.45) is 5.92 Å².